The van der Waals surface area contributed by atoms with E-state index in [0.29, 0.717) is 0 Å². The van der Waals surface area contributed by atoms with Gasteiger partial charge in [-0.2, -0.15) is 0 Å². The number of fused-ring (bicyclic) bond motifs is 1. The number of hydrogen-bond acceptors (Lipinski definition) is 5. The van der Waals surface area contributed by atoms with Crippen LogP contribution in [0, 0.1) is 0 Å². The number of carbonyl (C=O) groups is 1. The summed E-state index contributed by atoms with van der Waals surface area (Å²) < 4.78 is 29.2. The number of hydrogen-bond donors (Lipinski definition) is 1. The minimum atomic E-state index is -3.98. The molecule has 0 spiro atoms. The van der Waals surface area contributed by atoms with Gasteiger partial charge in [-0.15, -0.1) is 0 Å². The van der Waals surface area contributed by atoms with E-state index < -0.39 is 20.7 Å². The second kappa shape index (κ2) is 4.70. The standard InChI is InChI=1S/C11H9Cl2NO4S/c1-5-10(11(15)18-2)19(16,17)7-4-3-6(12)8(13)9(7)14-5/h3-4,14H,1-2H3. The van der Waals surface area contributed by atoms with E-state index in [9.17, 15) is 13.2 Å². The van der Waals surface area contributed by atoms with E-state index in [1.807, 2.05) is 0 Å². The van der Waals surface area contributed by atoms with Crippen molar-refractivity contribution in [3.05, 3.63) is 32.8 Å². The van der Waals surface area contributed by atoms with Gasteiger partial charge in [-0.05, 0) is 19.1 Å². The second-order valence-electron chi connectivity index (χ2n) is 3.81. The molecule has 0 radical (unpaired) electrons. The Labute approximate surface area is 120 Å². The molecule has 0 bridgehead atoms. The summed E-state index contributed by atoms with van der Waals surface area (Å²) in [6, 6.07) is 2.65. The fourth-order valence-corrected chi connectivity index (χ4v) is 3.86. The van der Waals surface area contributed by atoms with Crippen LogP contribution >= 0.6 is 23.2 Å². The molecule has 1 heterocycles. The Morgan fingerprint density at radius 1 is 1.32 bits per heavy atom. The third-order valence-electron chi connectivity index (χ3n) is 2.64. The molecule has 1 aromatic rings. The zero-order chi connectivity index (χ0) is 14.4. The van der Waals surface area contributed by atoms with Crippen LogP contribution in [0.25, 0.3) is 0 Å². The fourth-order valence-electron chi connectivity index (χ4n) is 1.78. The molecule has 1 aromatic carbocycles. The Kier molecular flexibility index (Phi) is 3.51. The molecule has 2 rings (SSSR count). The van der Waals surface area contributed by atoms with E-state index >= 15 is 0 Å². The first-order valence-electron chi connectivity index (χ1n) is 5.10. The third-order valence-corrected chi connectivity index (χ3v) is 5.37. The van der Waals surface area contributed by atoms with Gasteiger partial charge in [-0.25, -0.2) is 13.2 Å². The molecular weight excluding hydrogens is 313 g/mol. The zero-order valence-corrected chi connectivity index (χ0v) is 12.3. The number of ether oxygens (including phenoxy) is 1. The summed E-state index contributed by atoms with van der Waals surface area (Å²) in [4.78, 5) is 11.1. The van der Waals surface area contributed by atoms with Gasteiger partial charge < -0.3 is 10.1 Å². The summed E-state index contributed by atoms with van der Waals surface area (Å²) >= 11 is 11.8. The van der Waals surface area contributed by atoms with Crippen LogP contribution in [-0.2, 0) is 19.4 Å². The number of halogens is 2. The normalized spacial score (nSPS) is 16.6. The lowest BCUT2D eigenvalue weighted by atomic mass is 10.3. The minimum Gasteiger partial charge on any atom is -0.465 e. The summed E-state index contributed by atoms with van der Waals surface area (Å²) in [6.45, 7) is 1.45. The predicted molar refractivity (Wildman–Crippen MR) is 72.0 cm³/mol. The molecule has 0 amide bonds. The number of carbonyl (C=O) groups excluding carboxylic acids is 1. The predicted octanol–water partition coefficient (Wildman–Crippen LogP) is 2.60. The van der Waals surface area contributed by atoms with Crippen molar-refractivity contribution in [3.63, 3.8) is 0 Å². The Morgan fingerprint density at radius 3 is 2.53 bits per heavy atom. The maximum Gasteiger partial charge on any atom is 0.351 e. The first-order chi connectivity index (χ1) is 8.80. The lowest BCUT2D eigenvalue weighted by Gasteiger charge is -2.22. The molecule has 0 aliphatic carbocycles. The summed E-state index contributed by atoms with van der Waals surface area (Å²) in [5.74, 6) is -0.929. The number of anilines is 1. The van der Waals surface area contributed by atoms with Gasteiger partial charge in [0, 0.05) is 5.70 Å². The molecule has 0 aromatic heterocycles. The molecule has 1 aliphatic rings. The zero-order valence-electron chi connectivity index (χ0n) is 9.95. The van der Waals surface area contributed by atoms with Crippen LogP contribution in [0.15, 0.2) is 27.6 Å². The van der Waals surface area contributed by atoms with Gasteiger partial charge in [0.15, 0.2) is 4.91 Å². The van der Waals surface area contributed by atoms with Crippen LogP contribution in [0.2, 0.25) is 10.0 Å². The number of methoxy groups -OCH3 is 1. The highest BCUT2D eigenvalue weighted by molar-refractivity contribution is 7.96. The molecule has 5 nitrogen and oxygen atoms in total. The van der Waals surface area contributed by atoms with Crippen molar-refractivity contribution >= 4 is 44.7 Å². The van der Waals surface area contributed by atoms with E-state index in [2.05, 4.69) is 10.1 Å². The van der Waals surface area contributed by atoms with Crippen LogP contribution in [0.1, 0.15) is 6.92 Å². The smallest absolute Gasteiger partial charge is 0.351 e. The molecule has 102 valence electrons. The van der Waals surface area contributed by atoms with Crippen molar-refractivity contribution in [2.24, 2.45) is 0 Å². The molecule has 0 fully saturated rings. The number of nitrogens with one attached hydrogen (secondary N) is 1. The summed E-state index contributed by atoms with van der Waals surface area (Å²) in [6.07, 6.45) is 0. The summed E-state index contributed by atoms with van der Waals surface area (Å²) in [5.41, 5.74) is 0.308. The van der Waals surface area contributed by atoms with Crippen LogP contribution in [0.5, 0.6) is 0 Å². The van der Waals surface area contributed by atoms with Crippen molar-refractivity contribution in [1.29, 1.82) is 0 Å². The first-order valence-corrected chi connectivity index (χ1v) is 7.34. The Hall–Kier alpha value is -1.24. The van der Waals surface area contributed by atoms with Crippen LogP contribution in [0.3, 0.4) is 0 Å². The SMILES string of the molecule is COC(=O)C1=C(C)Nc2c(ccc(Cl)c2Cl)S1(=O)=O. The molecule has 0 saturated carbocycles. The fraction of sp³-hybridized carbons (Fsp3) is 0.182. The van der Waals surface area contributed by atoms with Crippen LogP contribution in [0.4, 0.5) is 5.69 Å². The Bertz CT molecular complexity index is 710. The van der Waals surface area contributed by atoms with Crippen LogP contribution in [-0.4, -0.2) is 21.5 Å². The van der Waals surface area contributed by atoms with Gasteiger partial charge in [0.05, 0.1) is 27.7 Å². The van der Waals surface area contributed by atoms with Gasteiger partial charge in [-0.1, -0.05) is 23.2 Å². The molecular formula is C11H9Cl2NO4S. The molecule has 19 heavy (non-hydrogen) atoms. The molecule has 1 N–H and O–H groups in total. The maximum absolute atomic E-state index is 12.4. The minimum absolute atomic E-state index is 0.0889. The highest BCUT2D eigenvalue weighted by Crippen LogP contribution is 2.42. The lowest BCUT2D eigenvalue weighted by molar-refractivity contribution is -0.135. The summed E-state index contributed by atoms with van der Waals surface area (Å²) in [7, 11) is -2.87. The monoisotopic (exact) mass is 321 g/mol. The van der Waals surface area contributed by atoms with Gasteiger partial charge in [0.25, 0.3) is 0 Å². The average Bonchev–Trinajstić information content (AvgIpc) is 2.33. The molecule has 1 aliphatic heterocycles. The van der Waals surface area contributed by atoms with Crippen molar-refractivity contribution in [1.82, 2.24) is 0 Å². The molecule has 8 heteroatoms. The topological polar surface area (TPSA) is 72.5 Å². The highest BCUT2D eigenvalue weighted by atomic mass is 35.5. The molecule has 0 unspecified atom stereocenters. The van der Waals surface area contributed by atoms with Crippen molar-refractivity contribution in [2.45, 2.75) is 11.8 Å². The third kappa shape index (κ3) is 2.09. The molecule has 0 atom stereocenters. The molecule has 0 saturated heterocycles. The van der Waals surface area contributed by atoms with Gasteiger partial charge in [-0.3, -0.25) is 0 Å². The van der Waals surface area contributed by atoms with Crippen LogP contribution < -0.4 is 5.32 Å². The van der Waals surface area contributed by atoms with Gasteiger partial charge in [0.2, 0.25) is 9.84 Å². The lowest BCUT2D eigenvalue weighted by Crippen LogP contribution is -2.24. The second-order valence-corrected chi connectivity index (χ2v) is 6.45. The Balaban J connectivity index is 2.77. The number of esters is 1. The van der Waals surface area contributed by atoms with Gasteiger partial charge >= 0.3 is 5.97 Å². The van der Waals surface area contributed by atoms with Crippen molar-refractivity contribution in [2.75, 3.05) is 12.4 Å². The Morgan fingerprint density at radius 2 is 1.95 bits per heavy atom. The van der Waals surface area contributed by atoms with E-state index in [0.717, 1.165) is 7.11 Å². The summed E-state index contributed by atoms with van der Waals surface area (Å²) in [5, 5.41) is 3.08. The van der Waals surface area contributed by atoms with E-state index in [-0.39, 0.29) is 26.3 Å². The van der Waals surface area contributed by atoms with E-state index in [4.69, 9.17) is 23.2 Å². The maximum atomic E-state index is 12.4. The van der Waals surface area contributed by atoms with Gasteiger partial charge in [0.1, 0.15) is 0 Å². The largest absolute Gasteiger partial charge is 0.465 e. The first kappa shape index (κ1) is 14.2. The quantitative estimate of drug-likeness (QED) is 0.805. The number of sulfone groups is 1. The number of allylic oxidation sites excluding steroid dienone is 1. The van der Waals surface area contributed by atoms with E-state index in [1.54, 1.807) is 0 Å². The highest BCUT2D eigenvalue weighted by Gasteiger charge is 2.37. The van der Waals surface area contributed by atoms with Crippen molar-refractivity contribution in [3.8, 4) is 0 Å². The van der Waals surface area contributed by atoms with E-state index in [1.165, 1.54) is 19.1 Å². The number of benzene rings is 1. The average molecular weight is 322 g/mol. The number of rotatable bonds is 1. The van der Waals surface area contributed by atoms with Crippen molar-refractivity contribution < 1.29 is 17.9 Å².